The van der Waals surface area contributed by atoms with Crippen LogP contribution in [0.2, 0.25) is 0 Å². The Labute approximate surface area is 280 Å². The topological polar surface area (TPSA) is 31.0 Å². The number of nitrogens with zero attached hydrogens (tertiary/aromatic N) is 2. The van der Waals surface area contributed by atoms with Crippen molar-refractivity contribution in [2.75, 3.05) is 0 Å². The number of para-hydroxylation sites is 2. The van der Waals surface area contributed by atoms with Gasteiger partial charge in [0, 0.05) is 44.4 Å². The van der Waals surface area contributed by atoms with Gasteiger partial charge in [0.05, 0.1) is 16.9 Å². The van der Waals surface area contributed by atoms with Crippen LogP contribution in [0.25, 0.3) is 74.2 Å². The van der Waals surface area contributed by atoms with Gasteiger partial charge in [-0.3, -0.25) is 4.98 Å². The van der Waals surface area contributed by atoms with Gasteiger partial charge in [-0.25, -0.2) is 0 Å². The van der Waals surface area contributed by atoms with E-state index in [-0.39, 0.29) is 5.41 Å². The van der Waals surface area contributed by atoms with Crippen molar-refractivity contribution < 1.29 is 4.42 Å². The van der Waals surface area contributed by atoms with Crippen molar-refractivity contribution in [1.82, 2.24) is 9.55 Å². The number of aromatic nitrogens is 2. The molecule has 1 aliphatic carbocycles. The van der Waals surface area contributed by atoms with E-state index in [9.17, 15) is 0 Å². The summed E-state index contributed by atoms with van der Waals surface area (Å²) < 4.78 is 8.41. The van der Waals surface area contributed by atoms with Crippen molar-refractivity contribution in [2.24, 2.45) is 0 Å². The molecule has 7 aromatic rings. The van der Waals surface area contributed by atoms with E-state index in [2.05, 4.69) is 128 Å². The van der Waals surface area contributed by atoms with Crippen LogP contribution in [0.4, 0.5) is 0 Å². The lowest BCUT2D eigenvalue weighted by atomic mass is 9.81. The zero-order valence-electron chi connectivity index (χ0n) is 27.5. The Bertz CT molecular complexity index is 2570. The van der Waals surface area contributed by atoms with E-state index < -0.39 is 0 Å². The number of allylic oxidation sites excluding steroid dienone is 2. The number of hydrogen-bond acceptors (Lipinski definition) is 2. The maximum atomic E-state index is 6.08. The molecular weight excluding hydrogens is 585 g/mol. The number of fused-ring (bicyclic) bond motifs is 5. The highest BCUT2D eigenvalue weighted by Crippen LogP contribution is 2.50. The number of furan rings is 1. The first-order valence-electron chi connectivity index (χ1n) is 16.4. The summed E-state index contributed by atoms with van der Waals surface area (Å²) in [5.41, 5.74) is 14.2. The lowest BCUT2D eigenvalue weighted by Crippen LogP contribution is -2.19. The van der Waals surface area contributed by atoms with Gasteiger partial charge >= 0.3 is 0 Å². The average molecular weight is 621 g/mol. The Morgan fingerprint density at radius 3 is 2.33 bits per heavy atom. The molecule has 3 nitrogen and oxygen atoms in total. The average Bonchev–Trinajstić information content (AvgIpc) is 3.72. The molecule has 1 aliphatic rings. The molecule has 0 amide bonds. The van der Waals surface area contributed by atoms with Crippen molar-refractivity contribution >= 4 is 46.2 Å². The van der Waals surface area contributed by atoms with Crippen molar-refractivity contribution in [3.05, 3.63) is 167 Å². The van der Waals surface area contributed by atoms with Gasteiger partial charge < -0.3 is 8.98 Å². The smallest absolute Gasteiger partial charge is 0.135 e. The standard InChI is InChI=1S/C45H36N2O/c1-6-41-35(22-19-29(3)26-37-36-15-9-11-18-44(36)48-43(37)7-2)34-14-8-10-17-42(34)47(41)31-21-24-33-32-23-20-30(40-16-12-13-25-46-40)27-38(32)45(4,5)39(33)28-31/h6-28H,1,3H2,2,4-5H3/b22-19+,37-26-,43-7+. The summed E-state index contributed by atoms with van der Waals surface area (Å²) in [6.45, 7) is 15.3. The van der Waals surface area contributed by atoms with E-state index >= 15 is 0 Å². The fourth-order valence-corrected chi connectivity index (χ4v) is 7.37. The zero-order chi connectivity index (χ0) is 33.0. The quantitative estimate of drug-likeness (QED) is 0.173. The van der Waals surface area contributed by atoms with Gasteiger partial charge in [-0.1, -0.05) is 99.8 Å². The molecule has 0 saturated carbocycles. The fraction of sp³-hybridized carbons (Fsp3) is 0.0889. The maximum absolute atomic E-state index is 6.08. The lowest BCUT2D eigenvalue weighted by molar-refractivity contribution is 0.575. The monoisotopic (exact) mass is 620 g/mol. The second-order valence-electron chi connectivity index (χ2n) is 12.9. The predicted molar refractivity (Wildman–Crippen MR) is 202 cm³/mol. The number of pyridine rings is 1. The molecule has 3 heterocycles. The first kappa shape index (κ1) is 29.5. The Morgan fingerprint density at radius 2 is 1.56 bits per heavy atom. The van der Waals surface area contributed by atoms with Crippen molar-refractivity contribution in [3.63, 3.8) is 0 Å². The molecule has 0 radical (unpaired) electrons. The van der Waals surface area contributed by atoms with Crippen LogP contribution in [0, 0.1) is 0 Å². The molecule has 8 rings (SSSR count). The molecule has 0 saturated heterocycles. The Balaban J connectivity index is 1.22. The van der Waals surface area contributed by atoms with E-state index in [1.807, 2.05) is 55.6 Å². The molecule has 0 unspecified atom stereocenters. The Kier molecular flexibility index (Phi) is 7.00. The number of rotatable bonds is 6. The van der Waals surface area contributed by atoms with Crippen LogP contribution in [-0.4, -0.2) is 9.55 Å². The molecule has 4 aromatic carbocycles. The van der Waals surface area contributed by atoms with Crippen LogP contribution < -0.4 is 10.6 Å². The summed E-state index contributed by atoms with van der Waals surface area (Å²) in [4.78, 5) is 4.61. The minimum atomic E-state index is -0.175. The van der Waals surface area contributed by atoms with Crippen molar-refractivity contribution in [1.29, 1.82) is 0 Å². The summed E-state index contributed by atoms with van der Waals surface area (Å²) in [6, 6.07) is 36.4. The van der Waals surface area contributed by atoms with Crippen LogP contribution >= 0.6 is 0 Å². The van der Waals surface area contributed by atoms with E-state index in [0.717, 1.165) is 66.3 Å². The predicted octanol–water partition coefficient (Wildman–Crippen LogP) is 10.2. The molecule has 3 aromatic heterocycles. The Morgan fingerprint density at radius 1 is 0.833 bits per heavy atom. The largest absolute Gasteiger partial charge is 0.456 e. The third kappa shape index (κ3) is 4.62. The third-order valence-corrected chi connectivity index (χ3v) is 9.74. The highest BCUT2D eigenvalue weighted by Gasteiger charge is 2.36. The molecule has 0 N–H and O–H groups in total. The third-order valence-electron chi connectivity index (χ3n) is 9.74. The van der Waals surface area contributed by atoms with Crippen LogP contribution in [-0.2, 0) is 5.41 Å². The molecule has 0 atom stereocenters. The second kappa shape index (κ2) is 11.4. The molecule has 0 spiro atoms. The van der Waals surface area contributed by atoms with Crippen molar-refractivity contribution in [2.45, 2.75) is 26.2 Å². The summed E-state index contributed by atoms with van der Waals surface area (Å²) in [7, 11) is 0. The van der Waals surface area contributed by atoms with Gasteiger partial charge in [-0.2, -0.15) is 0 Å². The Hall–Kier alpha value is -5.93. The SMILES string of the molecule is C=Cc1c(/C=C/C(=C)/C=c2\c(=C/C)oc3ccccc23)c2ccccc2n1-c1ccc2c(c1)C(C)(C)c1cc(-c3ccccn3)ccc1-2. The van der Waals surface area contributed by atoms with Gasteiger partial charge in [0.25, 0.3) is 0 Å². The molecule has 0 fully saturated rings. The van der Waals surface area contributed by atoms with E-state index in [1.54, 1.807) is 0 Å². The van der Waals surface area contributed by atoms with E-state index in [1.165, 1.54) is 22.3 Å². The highest BCUT2D eigenvalue weighted by atomic mass is 16.3. The number of benzene rings is 4. The maximum Gasteiger partial charge on any atom is 0.135 e. The second-order valence-corrected chi connectivity index (χ2v) is 12.9. The first-order chi connectivity index (χ1) is 23.4. The van der Waals surface area contributed by atoms with Crippen LogP contribution in [0.15, 0.2) is 139 Å². The van der Waals surface area contributed by atoms with Gasteiger partial charge in [0.1, 0.15) is 11.0 Å². The van der Waals surface area contributed by atoms with Crippen LogP contribution in [0.3, 0.4) is 0 Å². The summed E-state index contributed by atoms with van der Waals surface area (Å²) in [6.07, 6.45) is 12.2. The van der Waals surface area contributed by atoms with E-state index in [0.29, 0.717) is 0 Å². The van der Waals surface area contributed by atoms with Gasteiger partial charge in [0.15, 0.2) is 0 Å². The highest BCUT2D eigenvalue weighted by molar-refractivity contribution is 5.96. The van der Waals surface area contributed by atoms with Gasteiger partial charge in [-0.15, -0.1) is 0 Å². The van der Waals surface area contributed by atoms with Crippen molar-refractivity contribution in [3.8, 4) is 28.1 Å². The zero-order valence-corrected chi connectivity index (χ0v) is 27.5. The normalized spacial score (nSPS) is 14.2. The summed E-state index contributed by atoms with van der Waals surface area (Å²) in [5, 5.41) is 3.29. The number of hydrogen-bond donors (Lipinski definition) is 0. The molecule has 48 heavy (non-hydrogen) atoms. The van der Waals surface area contributed by atoms with E-state index in [4.69, 9.17) is 4.42 Å². The molecule has 3 heteroatoms. The summed E-state index contributed by atoms with van der Waals surface area (Å²) in [5.74, 6) is 0. The van der Waals surface area contributed by atoms with Gasteiger partial charge in [-0.05, 0) is 95.4 Å². The molecular formula is C45H36N2O. The molecule has 0 aliphatic heterocycles. The minimum absolute atomic E-state index is 0.175. The van der Waals surface area contributed by atoms with Gasteiger partial charge in [0.2, 0.25) is 0 Å². The first-order valence-corrected chi connectivity index (χ1v) is 16.4. The molecule has 0 bridgehead atoms. The van der Waals surface area contributed by atoms with Crippen LogP contribution in [0.1, 0.15) is 43.2 Å². The fourth-order valence-electron chi connectivity index (χ4n) is 7.37. The molecule has 232 valence electrons. The minimum Gasteiger partial charge on any atom is -0.456 e. The lowest BCUT2D eigenvalue weighted by Gasteiger charge is -2.23. The van der Waals surface area contributed by atoms with Crippen LogP contribution in [0.5, 0.6) is 0 Å². The summed E-state index contributed by atoms with van der Waals surface area (Å²) >= 11 is 0.